The van der Waals surface area contributed by atoms with E-state index >= 15 is 0 Å². The first-order valence-corrected chi connectivity index (χ1v) is 7.50. The van der Waals surface area contributed by atoms with E-state index in [9.17, 15) is 4.11 Å². The van der Waals surface area contributed by atoms with Crippen LogP contribution in [0.1, 0.15) is 24.4 Å². The fourth-order valence-corrected chi connectivity index (χ4v) is 4.26. The smallest absolute Gasteiger partial charge is 0.211 e. The van der Waals surface area contributed by atoms with Crippen LogP contribution < -0.4 is 9.47 Å². The summed E-state index contributed by atoms with van der Waals surface area (Å²) in [5.74, 6) is -1.28. The summed E-state index contributed by atoms with van der Waals surface area (Å²) in [5.41, 5.74) is -0.732. The van der Waals surface area contributed by atoms with Gasteiger partial charge in [-0.1, -0.05) is 18.2 Å². The van der Waals surface area contributed by atoms with Crippen molar-refractivity contribution < 1.29 is 21.4 Å². The number of rotatable bonds is 2. The molecule has 1 fully saturated rings. The van der Waals surface area contributed by atoms with E-state index in [-0.39, 0.29) is 11.3 Å². The second-order valence-electron chi connectivity index (χ2n) is 6.23. The van der Waals surface area contributed by atoms with Crippen molar-refractivity contribution in [1.29, 1.82) is 1.43 Å². The fourth-order valence-electron chi connectivity index (χ4n) is 4.26. The number of likely N-dealkylation sites (tertiary alicyclic amines) is 1. The summed E-state index contributed by atoms with van der Waals surface area (Å²) in [6, 6.07) is 1.15. The molecule has 1 saturated heterocycles. The van der Waals surface area contributed by atoms with E-state index in [1.54, 1.807) is 24.1 Å². The minimum absolute atomic E-state index is 0.216. The lowest BCUT2D eigenvalue weighted by atomic mass is 9.53. The van der Waals surface area contributed by atoms with Gasteiger partial charge in [0.25, 0.3) is 0 Å². The average Bonchev–Trinajstić information content (AvgIpc) is 2.93. The van der Waals surface area contributed by atoms with Crippen LogP contribution in [0.15, 0.2) is 24.3 Å². The van der Waals surface area contributed by atoms with E-state index in [0.29, 0.717) is 24.3 Å². The largest absolute Gasteiger partial charge is 0.493 e. The van der Waals surface area contributed by atoms with Gasteiger partial charge in [0, 0.05) is 28.4 Å². The number of hydrogen-bond donors (Lipinski definition) is 1. The Morgan fingerprint density at radius 3 is 3.27 bits per heavy atom. The van der Waals surface area contributed by atoms with Crippen LogP contribution in [-0.4, -0.2) is 50.3 Å². The van der Waals surface area contributed by atoms with E-state index in [1.165, 1.54) is 19.3 Å². The molecular formula is C18H21NO3. The summed E-state index contributed by atoms with van der Waals surface area (Å²) in [6.45, 7) is 0.308. The molecule has 1 N–H and O–H groups in total. The molecule has 2 aliphatic heterocycles. The van der Waals surface area contributed by atoms with Crippen molar-refractivity contribution in [2.24, 2.45) is 5.89 Å². The summed E-state index contributed by atoms with van der Waals surface area (Å²) in [4.78, 5) is 1.56. The van der Waals surface area contributed by atoms with Crippen LogP contribution in [-0.2, 0) is 11.8 Å². The number of ether oxygens (including phenoxy) is 2. The van der Waals surface area contributed by atoms with Crippen molar-refractivity contribution >= 4 is 0 Å². The van der Waals surface area contributed by atoms with Crippen molar-refractivity contribution in [3.63, 3.8) is 0 Å². The first-order valence-electron chi connectivity index (χ1n) is 10.4. The molecule has 0 amide bonds. The maximum Gasteiger partial charge on any atom is 0.211 e. The van der Waals surface area contributed by atoms with Crippen molar-refractivity contribution in [3.8, 4) is 11.5 Å². The Morgan fingerprint density at radius 1 is 1.55 bits per heavy atom. The standard InChI is InChI=1S/C18H21NO3/c1-19-8-7-18-11-4-5-13(20)17(18)22-16-14(21-2)6-3-10(15(16)18)9-12(11)19/h3-6,11-13,17,20H,7-9H2,1-2H3/t11-,12+,13?,17?,18-/m0/s1/i9D2,11D,12D,17D,20D. The third kappa shape index (κ3) is 1.28. The van der Waals surface area contributed by atoms with Crippen LogP contribution in [0.4, 0.5) is 0 Å². The molecule has 2 aliphatic carbocycles. The number of benzene rings is 1. The summed E-state index contributed by atoms with van der Waals surface area (Å²) in [7, 11) is 3.11. The van der Waals surface area contributed by atoms with Crippen molar-refractivity contribution in [2.45, 2.75) is 36.4 Å². The van der Waals surface area contributed by atoms with Crippen LogP contribution in [0.25, 0.3) is 0 Å². The molecule has 5 atom stereocenters. The molecule has 2 unspecified atom stereocenters. The molecule has 0 aromatic heterocycles. The highest BCUT2D eigenvalue weighted by atomic mass is 16.5. The number of hydrogen-bond acceptors (Lipinski definition) is 4. The lowest BCUT2D eigenvalue weighted by molar-refractivity contribution is -0.0453. The van der Waals surface area contributed by atoms with Crippen LogP contribution in [0.2, 0.25) is 0 Å². The van der Waals surface area contributed by atoms with Crippen LogP contribution in [0, 0.1) is 5.89 Å². The second-order valence-corrected chi connectivity index (χ2v) is 6.23. The summed E-state index contributed by atoms with van der Waals surface area (Å²) >= 11 is 0. The minimum Gasteiger partial charge on any atom is -0.493 e. The lowest BCUT2D eigenvalue weighted by Crippen LogP contribution is -2.64. The zero-order valence-electron chi connectivity index (χ0n) is 18.5. The van der Waals surface area contributed by atoms with Gasteiger partial charge in [0.1, 0.15) is 12.2 Å². The van der Waals surface area contributed by atoms with Gasteiger partial charge in [0.05, 0.1) is 8.48 Å². The molecular weight excluding hydrogens is 278 g/mol. The van der Waals surface area contributed by atoms with Crippen molar-refractivity contribution in [3.05, 3.63) is 35.4 Å². The number of aliphatic hydroxyl groups is 1. The predicted molar refractivity (Wildman–Crippen MR) is 82.5 cm³/mol. The zero-order valence-corrected chi connectivity index (χ0v) is 12.5. The number of piperidine rings is 1. The first-order chi connectivity index (χ1) is 13.1. The van der Waals surface area contributed by atoms with Gasteiger partial charge in [0.15, 0.2) is 11.5 Å². The predicted octanol–water partition coefficient (Wildman–Crippen LogP) is 1.50. The molecule has 0 radical (unpaired) electrons. The third-order valence-corrected chi connectivity index (χ3v) is 5.27. The van der Waals surface area contributed by atoms with Gasteiger partial charge in [-0.05, 0) is 38.0 Å². The van der Waals surface area contributed by atoms with Gasteiger partial charge in [-0.2, -0.15) is 0 Å². The average molecular weight is 305 g/mol. The third-order valence-electron chi connectivity index (χ3n) is 5.27. The fraction of sp³-hybridized carbons (Fsp3) is 0.556. The highest BCUT2D eigenvalue weighted by molar-refractivity contribution is 5.62. The first kappa shape index (κ1) is 8.37. The maximum absolute atomic E-state index is 9.46. The monoisotopic (exact) mass is 305 g/mol. The molecule has 116 valence electrons. The van der Waals surface area contributed by atoms with E-state index in [2.05, 4.69) is 0 Å². The molecule has 1 aromatic rings. The highest BCUT2D eigenvalue weighted by Crippen LogP contribution is 2.62. The molecule has 22 heavy (non-hydrogen) atoms. The van der Waals surface area contributed by atoms with Gasteiger partial charge in [-0.3, -0.25) is 0 Å². The van der Waals surface area contributed by atoms with E-state index in [4.69, 9.17) is 18.8 Å². The Hall–Kier alpha value is -1.52. The molecule has 1 spiro atoms. The molecule has 5 rings (SSSR count). The van der Waals surface area contributed by atoms with Gasteiger partial charge < -0.3 is 19.5 Å². The second kappa shape index (κ2) is 4.06. The minimum atomic E-state index is -2.21. The van der Waals surface area contributed by atoms with Crippen LogP contribution in [0.5, 0.6) is 11.5 Å². The quantitative estimate of drug-likeness (QED) is 0.841. The van der Waals surface area contributed by atoms with Gasteiger partial charge in [-0.15, -0.1) is 0 Å². The number of methoxy groups -OCH3 is 1. The normalized spacial score (nSPS) is 57.3. The molecule has 2 heterocycles. The molecule has 4 nitrogen and oxygen atoms in total. The van der Waals surface area contributed by atoms with Gasteiger partial charge >= 0.3 is 0 Å². The Kier molecular flexibility index (Phi) is 1.54. The van der Waals surface area contributed by atoms with Crippen molar-refractivity contribution in [2.75, 3.05) is 20.7 Å². The van der Waals surface area contributed by atoms with Crippen LogP contribution >= 0.6 is 0 Å². The number of aliphatic hydroxyl groups excluding tert-OH is 1. The Bertz CT molecular complexity index is 927. The molecule has 4 aliphatic rings. The Balaban J connectivity index is 2.00. The molecule has 4 heteroatoms. The maximum atomic E-state index is 9.46. The topological polar surface area (TPSA) is 41.9 Å². The van der Waals surface area contributed by atoms with E-state index < -0.39 is 35.9 Å². The summed E-state index contributed by atoms with van der Waals surface area (Å²) in [5, 5.41) is 4.83. The lowest BCUT2D eigenvalue weighted by Gasteiger charge is -2.56. The number of nitrogens with zero attached hydrogens (tertiary/aromatic N) is 1. The Labute approximate surface area is 138 Å². The number of likely N-dealkylation sites (N-methyl/N-ethyl adjacent to an activating group) is 1. The van der Waals surface area contributed by atoms with Crippen molar-refractivity contribution in [1.82, 2.24) is 4.90 Å². The summed E-state index contributed by atoms with van der Waals surface area (Å²) in [6.07, 6.45) is -2.05. The van der Waals surface area contributed by atoms with E-state index in [1.807, 2.05) is 0 Å². The SMILES string of the molecule is [2H]OC1C=C[C@]2([2H])[C@@]34CCN(C)[C@]2([2H])C([2H])([2H])c2ccc(OC)c(c23)OC14[2H]. The molecule has 2 bridgehead atoms. The van der Waals surface area contributed by atoms with Gasteiger partial charge in [0.2, 0.25) is 1.43 Å². The molecule has 0 saturated carbocycles. The summed E-state index contributed by atoms with van der Waals surface area (Å²) < 4.78 is 64.9. The van der Waals surface area contributed by atoms with E-state index in [0.717, 1.165) is 0 Å². The molecule has 1 aromatic carbocycles. The van der Waals surface area contributed by atoms with Gasteiger partial charge in [-0.25, -0.2) is 0 Å². The highest BCUT2D eigenvalue weighted by Gasteiger charge is 2.64. The Morgan fingerprint density at radius 2 is 2.45 bits per heavy atom. The van der Waals surface area contributed by atoms with Crippen LogP contribution in [0.3, 0.4) is 0 Å². The zero-order chi connectivity index (χ0) is 20.3.